The lowest BCUT2D eigenvalue weighted by Gasteiger charge is -2.13. The number of nitriles is 1. The average Bonchev–Trinajstić information content (AvgIpc) is 3.03. The van der Waals surface area contributed by atoms with Gasteiger partial charge in [-0.1, -0.05) is 18.2 Å². The van der Waals surface area contributed by atoms with Gasteiger partial charge < -0.3 is 4.90 Å². The van der Waals surface area contributed by atoms with Gasteiger partial charge in [0, 0.05) is 36.1 Å². The highest BCUT2D eigenvalue weighted by molar-refractivity contribution is 8.13. The SMILES string of the molecule is CN(C)C(=O)Sc1ccc2cnsc2c1-c1cccc(C#N)c1. The molecular formula is C17H13N3OS2. The monoisotopic (exact) mass is 339 g/mol. The summed E-state index contributed by atoms with van der Waals surface area (Å²) in [4.78, 5) is 14.5. The molecule has 0 unspecified atom stereocenters. The van der Waals surface area contributed by atoms with Crippen LogP contribution in [0.15, 0.2) is 47.5 Å². The molecule has 3 aromatic rings. The van der Waals surface area contributed by atoms with Crippen LogP contribution in [-0.2, 0) is 0 Å². The van der Waals surface area contributed by atoms with E-state index in [-0.39, 0.29) is 5.24 Å². The van der Waals surface area contributed by atoms with Crippen molar-refractivity contribution in [2.45, 2.75) is 4.90 Å². The van der Waals surface area contributed by atoms with E-state index in [1.54, 1.807) is 25.1 Å². The van der Waals surface area contributed by atoms with E-state index in [0.717, 1.165) is 26.1 Å². The second-order valence-electron chi connectivity index (χ2n) is 5.14. The third-order valence-corrected chi connectivity index (χ3v) is 5.26. The summed E-state index contributed by atoms with van der Waals surface area (Å²) >= 11 is 2.59. The van der Waals surface area contributed by atoms with E-state index < -0.39 is 0 Å². The van der Waals surface area contributed by atoms with E-state index in [0.29, 0.717) is 5.56 Å². The fourth-order valence-electron chi connectivity index (χ4n) is 2.20. The molecule has 1 amide bonds. The van der Waals surface area contributed by atoms with Crippen molar-refractivity contribution >= 4 is 38.6 Å². The number of carbonyl (C=O) groups excluding carboxylic acids is 1. The molecule has 0 N–H and O–H groups in total. The molecule has 1 heterocycles. The van der Waals surface area contributed by atoms with Crippen molar-refractivity contribution in [3.05, 3.63) is 48.2 Å². The number of hydrogen-bond donors (Lipinski definition) is 0. The molecule has 0 aliphatic carbocycles. The smallest absolute Gasteiger partial charge is 0.285 e. The molecular weight excluding hydrogens is 326 g/mol. The van der Waals surface area contributed by atoms with Crippen molar-refractivity contribution in [1.82, 2.24) is 9.27 Å². The molecule has 6 heteroatoms. The summed E-state index contributed by atoms with van der Waals surface area (Å²) in [7, 11) is 3.47. The first-order valence-electron chi connectivity index (χ1n) is 6.87. The van der Waals surface area contributed by atoms with Gasteiger partial charge in [0.05, 0.1) is 16.3 Å². The van der Waals surface area contributed by atoms with Gasteiger partial charge >= 0.3 is 0 Å². The Labute approximate surface area is 142 Å². The number of aromatic nitrogens is 1. The van der Waals surface area contributed by atoms with Gasteiger partial charge in [-0.05, 0) is 47.1 Å². The van der Waals surface area contributed by atoms with E-state index in [4.69, 9.17) is 5.26 Å². The molecule has 0 aliphatic heterocycles. The predicted molar refractivity (Wildman–Crippen MR) is 94.7 cm³/mol. The molecule has 0 saturated heterocycles. The minimum atomic E-state index is -0.0356. The lowest BCUT2D eigenvalue weighted by atomic mass is 10.0. The number of amides is 1. The normalized spacial score (nSPS) is 10.5. The molecule has 0 bridgehead atoms. The second kappa shape index (κ2) is 6.41. The lowest BCUT2D eigenvalue weighted by Crippen LogP contribution is -2.16. The van der Waals surface area contributed by atoms with Crippen molar-refractivity contribution in [3.8, 4) is 17.2 Å². The topological polar surface area (TPSA) is 57.0 Å². The highest BCUT2D eigenvalue weighted by Crippen LogP contribution is 2.40. The van der Waals surface area contributed by atoms with Crippen LogP contribution in [0.3, 0.4) is 0 Å². The van der Waals surface area contributed by atoms with Crippen LogP contribution in [0.4, 0.5) is 4.79 Å². The van der Waals surface area contributed by atoms with E-state index in [1.807, 2.05) is 36.5 Å². The number of rotatable bonds is 2. The van der Waals surface area contributed by atoms with Crippen LogP contribution in [0.2, 0.25) is 0 Å². The van der Waals surface area contributed by atoms with Gasteiger partial charge in [-0.25, -0.2) is 0 Å². The van der Waals surface area contributed by atoms with Crippen LogP contribution < -0.4 is 0 Å². The van der Waals surface area contributed by atoms with E-state index >= 15 is 0 Å². The van der Waals surface area contributed by atoms with Crippen LogP contribution in [0.1, 0.15) is 5.56 Å². The summed E-state index contributed by atoms with van der Waals surface area (Å²) < 4.78 is 5.28. The van der Waals surface area contributed by atoms with Gasteiger partial charge in [0.25, 0.3) is 5.24 Å². The third-order valence-electron chi connectivity index (χ3n) is 3.33. The molecule has 0 fully saturated rings. The van der Waals surface area contributed by atoms with Gasteiger partial charge in [0.2, 0.25) is 0 Å². The zero-order valence-electron chi connectivity index (χ0n) is 12.6. The Bertz CT molecular complexity index is 925. The zero-order chi connectivity index (χ0) is 16.4. The molecule has 23 heavy (non-hydrogen) atoms. The quantitative estimate of drug-likeness (QED) is 0.640. The summed E-state index contributed by atoms with van der Waals surface area (Å²) in [6, 6.07) is 13.5. The molecule has 114 valence electrons. The van der Waals surface area contributed by atoms with Gasteiger partial charge in [-0.3, -0.25) is 4.79 Å². The summed E-state index contributed by atoms with van der Waals surface area (Å²) in [6.07, 6.45) is 1.82. The van der Waals surface area contributed by atoms with Crippen LogP contribution in [0.25, 0.3) is 21.2 Å². The van der Waals surface area contributed by atoms with E-state index in [1.165, 1.54) is 23.3 Å². The maximum Gasteiger partial charge on any atom is 0.285 e. The largest absolute Gasteiger partial charge is 0.339 e. The lowest BCUT2D eigenvalue weighted by molar-refractivity contribution is 0.241. The highest BCUT2D eigenvalue weighted by atomic mass is 32.2. The van der Waals surface area contributed by atoms with Crippen molar-refractivity contribution in [2.75, 3.05) is 14.1 Å². The van der Waals surface area contributed by atoms with Crippen molar-refractivity contribution in [3.63, 3.8) is 0 Å². The summed E-state index contributed by atoms with van der Waals surface area (Å²) in [5, 5.41) is 10.1. The van der Waals surface area contributed by atoms with Gasteiger partial charge in [0.15, 0.2) is 0 Å². The van der Waals surface area contributed by atoms with Crippen molar-refractivity contribution < 1.29 is 4.79 Å². The molecule has 0 radical (unpaired) electrons. The first-order valence-corrected chi connectivity index (χ1v) is 8.46. The molecule has 3 rings (SSSR count). The van der Waals surface area contributed by atoms with E-state index in [2.05, 4.69) is 10.4 Å². The molecule has 1 aromatic heterocycles. The number of thioether (sulfide) groups is 1. The Hall–Kier alpha value is -2.36. The second-order valence-corrected chi connectivity index (χ2v) is 6.93. The van der Waals surface area contributed by atoms with Crippen LogP contribution in [0, 0.1) is 11.3 Å². The minimum Gasteiger partial charge on any atom is -0.339 e. The zero-order valence-corrected chi connectivity index (χ0v) is 14.2. The van der Waals surface area contributed by atoms with Crippen LogP contribution in [-0.4, -0.2) is 28.6 Å². The average molecular weight is 339 g/mol. The number of fused-ring (bicyclic) bond motifs is 1. The van der Waals surface area contributed by atoms with Crippen LogP contribution in [0.5, 0.6) is 0 Å². The minimum absolute atomic E-state index is 0.0356. The predicted octanol–water partition coefficient (Wildman–Crippen LogP) is 4.61. The number of nitrogens with zero attached hydrogens (tertiary/aromatic N) is 3. The first kappa shape index (κ1) is 15.5. The van der Waals surface area contributed by atoms with Gasteiger partial charge in [-0.2, -0.15) is 9.64 Å². The fourth-order valence-corrected chi connectivity index (χ4v) is 3.91. The number of carbonyl (C=O) groups is 1. The number of hydrogen-bond acceptors (Lipinski definition) is 5. The molecule has 4 nitrogen and oxygen atoms in total. The fraction of sp³-hybridized carbons (Fsp3) is 0.118. The summed E-state index contributed by atoms with van der Waals surface area (Å²) in [5.74, 6) is 0. The van der Waals surface area contributed by atoms with Gasteiger partial charge in [-0.15, -0.1) is 0 Å². The Morgan fingerprint density at radius 2 is 2.13 bits per heavy atom. The Morgan fingerprint density at radius 1 is 1.30 bits per heavy atom. The Morgan fingerprint density at radius 3 is 2.87 bits per heavy atom. The molecule has 2 aromatic carbocycles. The van der Waals surface area contributed by atoms with E-state index in [9.17, 15) is 4.79 Å². The first-order chi connectivity index (χ1) is 11.1. The Kier molecular flexibility index (Phi) is 4.33. The number of benzene rings is 2. The molecule has 0 atom stereocenters. The third kappa shape index (κ3) is 3.07. The standard InChI is InChI=1S/C17H13N3OS2/c1-20(2)17(21)22-14-7-6-13-10-19-23-16(13)15(14)12-5-3-4-11(8-12)9-18/h3-8,10H,1-2H3. The maximum absolute atomic E-state index is 12.1. The molecule has 0 aliphatic rings. The van der Waals surface area contributed by atoms with Crippen LogP contribution >= 0.6 is 23.3 Å². The van der Waals surface area contributed by atoms with Crippen molar-refractivity contribution in [2.24, 2.45) is 0 Å². The van der Waals surface area contributed by atoms with Crippen molar-refractivity contribution in [1.29, 1.82) is 5.26 Å². The Balaban J connectivity index is 2.21. The van der Waals surface area contributed by atoms with Gasteiger partial charge in [0.1, 0.15) is 0 Å². The maximum atomic E-state index is 12.1. The molecule has 0 spiro atoms. The highest BCUT2D eigenvalue weighted by Gasteiger charge is 2.16. The summed E-state index contributed by atoms with van der Waals surface area (Å²) in [5.41, 5.74) is 2.48. The molecule has 0 saturated carbocycles. The summed E-state index contributed by atoms with van der Waals surface area (Å²) in [6.45, 7) is 0.